The lowest BCUT2D eigenvalue weighted by Gasteiger charge is -2.16. The minimum absolute atomic E-state index is 0.341. The van der Waals surface area contributed by atoms with Gasteiger partial charge in [0.2, 0.25) is 0 Å². The summed E-state index contributed by atoms with van der Waals surface area (Å²) in [6.07, 6.45) is 5.89. The SMILES string of the molecule is COCc1ncc(CN2CC[C@@H](Cc3ccc(C(=O)O)cc3)C2)cn1. The normalized spacial score (nSPS) is 17.7. The van der Waals surface area contributed by atoms with E-state index in [4.69, 9.17) is 9.84 Å². The molecular weight excluding hydrogens is 318 g/mol. The number of carboxylic acids is 1. The number of carbonyl (C=O) groups is 1. The Morgan fingerprint density at radius 2 is 1.96 bits per heavy atom. The van der Waals surface area contributed by atoms with E-state index in [1.807, 2.05) is 24.5 Å². The van der Waals surface area contributed by atoms with E-state index in [1.54, 1.807) is 19.2 Å². The van der Waals surface area contributed by atoms with Crippen molar-refractivity contribution in [3.63, 3.8) is 0 Å². The Bertz CT molecular complexity index is 701. The minimum atomic E-state index is -0.877. The molecule has 1 saturated heterocycles. The average molecular weight is 341 g/mol. The van der Waals surface area contributed by atoms with Crippen LogP contribution in [0.15, 0.2) is 36.7 Å². The summed E-state index contributed by atoms with van der Waals surface area (Å²) in [5.74, 6) is 0.428. The van der Waals surface area contributed by atoms with Crippen molar-refractivity contribution in [2.75, 3.05) is 20.2 Å². The zero-order chi connectivity index (χ0) is 17.6. The van der Waals surface area contributed by atoms with Crippen LogP contribution < -0.4 is 0 Å². The molecule has 0 radical (unpaired) electrons. The first kappa shape index (κ1) is 17.5. The Morgan fingerprint density at radius 1 is 1.24 bits per heavy atom. The first-order valence-corrected chi connectivity index (χ1v) is 8.47. The molecule has 1 N–H and O–H groups in total. The predicted octanol–water partition coefficient (Wildman–Crippen LogP) is 2.39. The number of aromatic nitrogens is 2. The van der Waals surface area contributed by atoms with E-state index in [-0.39, 0.29) is 0 Å². The fraction of sp³-hybridized carbons (Fsp3) is 0.421. The molecule has 0 amide bonds. The summed E-state index contributed by atoms with van der Waals surface area (Å²) in [4.78, 5) is 21.9. The van der Waals surface area contributed by atoms with Crippen molar-refractivity contribution < 1.29 is 14.6 Å². The highest BCUT2D eigenvalue weighted by molar-refractivity contribution is 5.87. The second-order valence-corrected chi connectivity index (χ2v) is 6.54. The minimum Gasteiger partial charge on any atom is -0.478 e. The lowest BCUT2D eigenvalue weighted by Crippen LogP contribution is -2.21. The molecule has 1 aromatic heterocycles. The van der Waals surface area contributed by atoms with Gasteiger partial charge >= 0.3 is 5.97 Å². The molecule has 1 aromatic carbocycles. The maximum absolute atomic E-state index is 10.9. The molecule has 1 fully saturated rings. The molecule has 6 heteroatoms. The molecule has 0 spiro atoms. The van der Waals surface area contributed by atoms with Crippen LogP contribution in [0.4, 0.5) is 0 Å². The van der Waals surface area contributed by atoms with Gasteiger partial charge in [-0.3, -0.25) is 4.90 Å². The van der Waals surface area contributed by atoms with Gasteiger partial charge in [-0.1, -0.05) is 12.1 Å². The van der Waals surface area contributed by atoms with Gasteiger partial charge in [-0.25, -0.2) is 14.8 Å². The van der Waals surface area contributed by atoms with Gasteiger partial charge in [0.1, 0.15) is 6.61 Å². The zero-order valence-electron chi connectivity index (χ0n) is 14.4. The van der Waals surface area contributed by atoms with Gasteiger partial charge in [0.15, 0.2) is 5.82 Å². The highest BCUT2D eigenvalue weighted by Crippen LogP contribution is 2.22. The van der Waals surface area contributed by atoms with Crippen LogP contribution in [0.5, 0.6) is 0 Å². The van der Waals surface area contributed by atoms with E-state index < -0.39 is 5.97 Å². The van der Waals surface area contributed by atoms with E-state index in [0.717, 1.165) is 38.0 Å². The number of aromatic carboxylic acids is 1. The molecule has 3 rings (SSSR count). The predicted molar refractivity (Wildman–Crippen MR) is 93.2 cm³/mol. The third-order valence-corrected chi connectivity index (χ3v) is 4.53. The lowest BCUT2D eigenvalue weighted by atomic mass is 9.98. The number of carboxylic acid groups (broad SMARTS) is 1. The van der Waals surface area contributed by atoms with Gasteiger partial charge in [-0.2, -0.15) is 0 Å². The molecule has 0 bridgehead atoms. The van der Waals surface area contributed by atoms with Crippen molar-refractivity contribution in [2.45, 2.75) is 26.0 Å². The van der Waals surface area contributed by atoms with Crippen molar-refractivity contribution >= 4 is 5.97 Å². The van der Waals surface area contributed by atoms with Crippen LogP contribution in [0, 0.1) is 5.92 Å². The molecule has 0 saturated carbocycles. The van der Waals surface area contributed by atoms with Crippen LogP contribution in [0.25, 0.3) is 0 Å². The van der Waals surface area contributed by atoms with E-state index in [2.05, 4.69) is 14.9 Å². The van der Waals surface area contributed by atoms with Crippen LogP contribution in [-0.2, 0) is 24.3 Å². The van der Waals surface area contributed by atoms with Gasteiger partial charge in [-0.05, 0) is 43.0 Å². The van der Waals surface area contributed by atoms with E-state index >= 15 is 0 Å². The number of likely N-dealkylation sites (tertiary alicyclic amines) is 1. The number of ether oxygens (including phenoxy) is 1. The van der Waals surface area contributed by atoms with Crippen molar-refractivity contribution in [3.8, 4) is 0 Å². The molecule has 6 nitrogen and oxygen atoms in total. The summed E-state index contributed by atoms with van der Waals surface area (Å²) in [5.41, 5.74) is 2.66. The van der Waals surface area contributed by atoms with Crippen LogP contribution in [0.3, 0.4) is 0 Å². The van der Waals surface area contributed by atoms with Crippen LogP contribution in [0.1, 0.15) is 33.7 Å². The summed E-state index contributed by atoms with van der Waals surface area (Å²) in [7, 11) is 1.64. The molecule has 132 valence electrons. The van der Waals surface area contributed by atoms with Gasteiger partial charge in [0.25, 0.3) is 0 Å². The zero-order valence-corrected chi connectivity index (χ0v) is 14.4. The van der Waals surface area contributed by atoms with Crippen LogP contribution in [-0.4, -0.2) is 46.1 Å². The summed E-state index contributed by atoms with van der Waals surface area (Å²) in [5, 5.41) is 8.96. The fourth-order valence-corrected chi connectivity index (χ4v) is 3.26. The Labute approximate surface area is 147 Å². The number of rotatable bonds is 7. The van der Waals surface area contributed by atoms with E-state index in [9.17, 15) is 4.79 Å². The van der Waals surface area contributed by atoms with E-state index in [0.29, 0.717) is 23.9 Å². The van der Waals surface area contributed by atoms with Crippen LogP contribution in [0.2, 0.25) is 0 Å². The van der Waals surface area contributed by atoms with E-state index in [1.165, 1.54) is 5.56 Å². The Balaban J connectivity index is 1.50. The highest BCUT2D eigenvalue weighted by Gasteiger charge is 2.22. The lowest BCUT2D eigenvalue weighted by molar-refractivity contribution is 0.0697. The van der Waals surface area contributed by atoms with Gasteiger partial charge in [-0.15, -0.1) is 0 Å². The fourth-order valence-electron chi connectivity index (χ4n) is 3.26. The van der Waals surface area contributed by atoms with Gasteiger partial charge in [0, 0.05) is 38.2 Å². The molecule has 2 aromatic rings. The average Bonchev–Trinajstić information content (AvgIpc) is 3.04. The molecule has 1 atom stereocenters. The first-order chi connectivity index (χ1) is 12.1. The first-order valence-electron chi connectivity index (χ1n) is 8.47. The summed E-state index contributed by atoms with van der Waals surface area (Å²) in [6.45, 7) is 3.41. The third kappa shape index (κ3) is 4.84. The summed E-state index contributed by atoms with van der Waals surface area (Å²) < 4.78 is 5.02. The smallest absolute Gasteiger partial charge is 0.335 e. The Morgan fingerprint density at radius 3 is 2.60 bits per heavy atom. The number of methoxy groups -OCH3 is 1. The van der Waals surface area contributed by atoms with Crippen molar-refractivity contribution in [1.82, 2.24) is 14.9 Å². The molecule has 1 aliphatic rings. The number of hydrogen-bond donors (Lipinski definition) is 1. The third-order valence-electron chi connectivity index (χ3n) is 4.53. The quantitative estimate of drug-likeness (QED) is 0.833. The molecule has 2 heterocycles. The molecule has 0 aliphatic carbocycles. The summed E-state index contributed by atoms with van der Waals surface area (Å²) in [6, 6.07) is 7.22. The topological polar surface area (TPSA) is 75.5 Å². The number of nitrogens with zero attached hydrogens (tertiary/aromatic N) is 3. The molecule has 1 aliphatic heterocycles. The summed E-state index contributed by atoms with van der Waals surface area (Å²) >= 11 is 0. The largest absolute Gasteiger partial charge is 0.478 e. The molecule has 0 unspecified atom stereocenters. The highest BCUT2D eigenvalue weighted by atomic mass is 16.5. The number of benzene rings is 1. The molecule has 25 heavy (non-hydrogen) atoms. The Hall–Kier alpha value is -2.31. The number of hydrogen-bond acceptors (Lipinski definition) is 5. The van der Waals surface area contributed by atoms with Gasteiger partial charge < -0.3 is 9.84 Å². The monoisotopic (exact) mass is 341 g/mol. The van der Waals surface area contributed by atoms with Crippen molar-refractivity contribution in [1.29, 1.82) is 0 Å². The standard InChI is InChI=1S/C19H23N3O3/c1-25-13-18-20-9-16(10-21-18)12-22-7-6-15(11-22)8-14-2-4-17(5-3-14)19(23)24/h2-5,9-10,15H,6-8,11-13H2,1H3,(H,23,24)/t15-/m0/s1. The van der Waals surface area contributed by atoms with Crippen molar-refractivity contribution in [3.05, 3.63) is 59.2 Å². The maximum Gasteiger partial charge on any atom is 0.335 e. The van der Waals surface area contributed by atoms with Crippen LogP contribution >= 0.6 is 0 Å². The second kappa shape index (κ2) is 8.18. The second-order valence-electron chi connectivity index (χ2n) is 6.54. The molecular formula is C19H23N3O3. The van der Waals surface area contributed by atoms with Crippen molar-refractivity contribution in [2.24, 2.45) is 5.92 Å². The Kier molecular flexibility index (Phi) is 5.73. The maximum atomic E-state index is 10.9. The van der Waals surface area contributed by atoms with Gasteiger partial charge in [0.05, 0.1) is 5.56 Å².